The van der Waals surface area contributed by atoms with Gasteiger partial charge < -0.3 is 21.1 Å². The molecule has 0 saturated carbocycles. The Morgan fingerprint density at radius 3 is 2.71 bits per heavy atom. The maximum atomic E-state index is 12.8. The van der Waals surface area contributed by atoms with Gasteiger partial charge in [0.2, 0.25) is 5.95 Å². The van der Waals surface area contributed by atoms with Gasteiger partial charge in [-0.1, -0.05) is 11.6 Å². The van der Waals surface area contributed by atoms with Gasteiger partial charge in [-0.25, -0.2) is 18.7 Å². The van der Waals surface area contributed by atoms with Gasteiger partial charge in [0.05, 0.1) is 26.0 Å². The maximum absolute atomic E-state index is 12.8. The predicted molar refractivity (Wildman–Crippen MR) is 89.4 cm³/mol. The Bertz CT molecular complexity index is 710. The second-order valence-electron chi connectivity index (χ2n) is 4.70. The first-order valence-electron chi connectivity index (χ1n) is 6.88. The van der Waals surface area contributed by atoms with Gasteiger partial charge in [-0.05, 0) is 18.2 Å². The fourth-order valence-corrected chi connectivity index (χ4v) is 1.92. The van der Waals surface area contributed by atoms with Crippen molar-refractivity contribution in [3.63, 3.8) is 0 Å². The molecule has 0 spiro atoms. The first kappa shape index (κ1) is 17.7. The van der Waals surface area contributed by atoms with Gasteiger partial charge in [0, 0.05) is 28.2 Å². The van der Waals surface area contributed by atoms with E-state index in [1.54, 1.807) is 6.07 Å². The molecule has 0 bridgehead atoms. The summed E-state index contributed by atoms with van der Waals surface area (Å²) in [5, 5.41) is 5.78. The van der Waals surface area contributed by atoms with Crippen molar-refractivity contribution < 1.29 is 13.5 Å². The lowest BCUT2D eigenvalue weighted by Crippen LogP contribution is -2.14. The van der Waals surface area contributed by atoms with Crippen LogP contribution in [-0.2, 0) is 0 Å². The number of benzene rings is 1. The summed E-state index contributed by atoms with van der Waals surface area (Å²) in [6.45, 7) is 0.272. The molecule has 1 aromatic heterocycles. The summed E-state index contributed by atoms with van der Waals surface area (Å²) in [5.74, 6) is 0.932. The van der Waals surface area contributed by atoms with Crippen molar-refractivity contribution >= 4 is 23.2 Å². The molecule has 0 atom stereocenters. The molecule has 4 N–H and O–H groups in total. The van der Waals surface area contributed by atoms with Crippen molar-refractivity contribution in [2.45, 2.75) is 6.43 Å². The number of methoxy groups -OCH3 is 1. The molecule has 0 aliphatic carbocycles. The van der Waals surface area contributed by atoms with Crippen LogP contribution >= 0.6 is 11.6 Å². The van der Waals surface area contributed by atoms with Crippen LogP contribution < -0.4 is 21.1 Å². The summed E-state index contributed by atoms with van der Waals surface area (Å²) < 4.78 is 30.5. The van der Waals surface area contributed by atoms with Gasteiger partial charge in [0.25, 0.3) is 6.43 Å². The number of hydrogen-bond acceptors (Lipinski definition) is 6. The van der Waals surface area contributed by atoms with E-state index in [1.165, 1.54) is 37.8 Å². The number of nitrogens with one attached hydrogen (secondary N) is 2. The molecule has 0 amide bonds. The summed E-state index contributed by atoms with van der Waals surface area (Å²) in [4.78, 5) is 8.06. The first-order valence-corrected chi connectivity index (χ1v) is 7.26. The second-order valence-corrected chi connectivity index (χ2v) is 5.11. The zero-order valence-electron chi connectivity index (χ0n) is 12.8. The van der Waals surface area contributed by atoms with Crippen LogP contribution in [0.3, 0.4) is 0 Å². The van der Waals surface area contributed by atoms with E-state index in [1.807, 2.05) is 0 Å². The lowest BCUT2D eigenvalue weighted by molar-refractivity contribution is 0.151. The van der Waals surface area contributed by atoms with Crippen LogP contribution in [0, 0.1) is 0 Å². The summed E-state index contributed by atoms with van der Waals surface area (Å²) in [6, 6.07) is 4.26. The van der Waals surface area contributed by atoms with E-state index in [4.69, 9.17) is 22.1 Å². The lowest BCUT2D eigenvalue weighted by Gasteiger charge is -2.09. The van der Waals surface area contributed by atoms with Crippen molar-refractivity contribution in [3.05, 3.63) is 53.1 Å². The molecule has 9 heteroatoms. The molecular formula is C15H16ClF2N5O. The normalized spacial score (nSPS) is 11.5. The molecular weight excluding hydrogens is 340 g/mol. The molecule has 0 saturated heterocycles. The van der Waals surface area contributed by atoms with Crippen molar-refractivity contribution in [3.8, 4) is 5.75 Å². The fourth-order valence-electron chi connectivity index (χ4n) is 1.72. The van der Waals surface area contributed by atoms with Gasteiger partial charge in [0.1, 0.15) is 0 Å². The van der Waals surface area contributed by atoms with Crippen LogP contribution in [0.25, 0.3) is 0 Å². The van der Waals surface area contributed by atoms with E-state index < -0.39 is 6.43 Å². The molecule has 128 valence electrons. The zero-order chi connectivity index (χ0) is 17.5. The molecule has 0 radical (unpaired) electrons. The molecule has 6 nitrogen and oxygen atoms in total. The molecule has 0 fully saturated rings. The third-order valence-electron chi connectivity index (χ3n) is 2.97. The van der Waals surface area contributed by atoms with Crippen LogP contribution in [0.4, 0.5) is 20.4 Å². The quantitative estimate of drug-likeness (QED) is 0.706. The third-order valence-corrected chi connectivity index (χ3v) is 3.31. The molecule has 24 heavy (non-hydrogen) atoms. The van der Waals surface area contributed by atoms with Gasteiger partial charge in [-0.2, -0.15) is 0 Å². The van der Waals surface area contributed by atoms with E-state index in [0.717, 1.165) is 0 Å². The summed E-state index contributed by atoms with van der Waals surface area (Å²) in [7, 11) is 1.52. The van der Waals surface area contributed by atoms with Gasteiger partial charge >= 0.3 is 0 Å². The smallest absolute Gasteiger partial charge is 0.265 e. The number of nitrogens with zero attached hydrogens (tertiary/aromatic N) is 2. The topological polar surface area (TPSA) is 85.1 Å². The van der Waals surface area contributed by atoms with Crippen molar-refractivity contribution in [1.29, 1.82) is 0 Å². The van der Waals surface area contributed by atoms with Gasteiger partial charge in [-0.3, -0.25) is 0 Å². The van der Waals surface area contributed by atoms with E-state index in [0.29, 0.717) is 23.1 Å². The minimum absolute atomic E-state index is 0.0193. The standard InChI is InChI=1S/C15H16ClF2N5O/c1-24-11-7-22-15(23-8-11)21-6-9(19)5-20-10-2-3-13(16)12(4-10)14(17)18/h2-5,7-8,14,20H,6,19H2,1H3,(H,21,22,23)/b9-5-. The van der Waals surface area contributed by atoms with Crippen molar-refractivity contribution in [1.82, 2.24) is 9.97 Å². The molecule has 0 aliphatic heterocycles. The van der Waals surface area contributed by atoms with Crippen LogP contribution in [0.2, 0.25) is 5.02 Å². The highest BCUT2D eigenvalue weighted by Crippen LogP contribution is 2.29. The number of rotatable bonds is 7. The SMILES string of the molecule is COc1cnc(NC/C(N)=C/Nc2ccc(Cl)c(C(F)F)c2)nc1. The Morgan fingerprint density at radius 2 is 2.08 bits per heavy atom. The fraction of sp³-hybridized carbons (Fsp3) is 0.200. The Balaban J connectivity index is 1.92. The number of alkyl halides is 2. The van der Waals surface area contributed by atoms with Gasteiger partial charge in [0.15, 0.2) is 5.75 Å². The van der Waals surface area contributed by atoms with Crippen LogP contribution in [0.15, 0.2) is 42.5 Å². The summed E-state index contributed by atoms with van der Waals surface area (Å²) in [6.07, 6.45) is 1.89. The van der Waals surface area contributed by atoms with Gasteiger partial charge in [-0.15, -0.1) is 0 Å². The number of aromatic nitrogens is 2. The highest BCUT2D eigenvalue weighted by Gasteiger charge is 2.12. The number of ether oxygens (including phenoxy) is 1. The number of hydrogen-bond donors (Lipinski definition) is 3. The number of halogens is 3. The molecule has 2 rings (SSSR count). The molecule has 1 aromatic carbocycles. The minimum atomic E-state index is -2.64. The highest BCUT2D eigenvalue weighted by atomic mass is 35.5. The van der Waals surface area contributed by atoms with E-state index in [9.17, 15) is 8.78 Å². The Kier molecular flexibility index (Phi) is 6.14. The molecule has 1 heterocycles. The molecule has 2 aromatic rings. The minimum Gasteiger partial charge on any atom is -0.494 e. The van der Waals surface area contributed by atoms with E-state index in [-0.39, 0.29) is 17.1 Å². The maximum Gasteiger partial charge on any atom is 0.265 e. The van der Waals surface area contributed by atoms with Crippen molar-refractivity contribution in [2.75, 3.05) is 24.3 Å². The largest absolute Gasteiger partial charge is 0.494 e. The van der Waals surface area contributed by atoms with E-state index >= 15 is 0 Å². The Labute approximate surface area is 142 Å². The van der Waals surface area contributed by atoms with Crippen LogP contribution in [0.5, 0.6) is 5.75 Å². The average molecular weight is 356 g/mol. The highest BCUT2D eigenvalue weighted by molar-refractivity contribution is 6.31. The lowest BCUT2D eigenvalue weighted by atomic mass is 10.2. The Hall–Kier alpha value is -2.61. The van der Waals surface area contributed by atoms with Crippen molar-refractivity contribution in [2.24, 2.45) is 5.73 Å². The zero-order valence-corrected chi connectivity index (χ0v) is 13.5. The van der Waals surface area contributed by atoms with E-state index in [2.05, 4.69) is 20.6 Å². The monoisotopic (exact) mass is 355 g/mol. The number of nitrogens with two attached hydrogens (primary N) is 1. The third kappa shape index (κ3) is 4.95. The predicted octanol–water partition coefficient (Wildman–Crippen LogP) is 3.40. The molecule has 0 aliphatic rings. The van der Waals surface area contributed by atoms with Crippen LogP contribution in [0.1, 0.15) is 12.0 Å². The molecule has 0 unspecified atom stereocenters. The summed E-state index contributed by atoms with van der Waals surface area (Å²) in [5.41, 5.74) is 6.49. The number of anilines is 2. The summed E-state index contributed by atoms with van der Waals surface area (Å²) >= 11 is 5.71. The Morgan fingerprint density at radius 1 is 1.38 bits per heavy atom. The second kappa shape index (κ2) is 8.30. The van der Waals surface area contributed by atoms with Crippen LogP contribution in [-0.4, -0.2) is 23.6 Å². The average Bonchev–Trinajstić information content (AvgIpc) is 2.59. The first-order chi connectivity index (χ1) is 11.5.